The van der Waals surface area contributed by atoms with Gasteiger partial charge in [0.2, 0.25) is 0 Å². The molecular weight excluding hydrogens is 537 g/mol. The van der Waals surface area contributed by atoms with Crippen molar-refractivity contribution in [2.24, 2.45) is 0 Å². The number of carbonyl (C=O) groups is 1. The van der Waals surface area contributed by atoms with Gasteiger partial charge in [0.15, 0.2) is 0 Å². The van der Waals surface area contributed by atoms with Crippen LogP contribution < -0.4 is 15.4 Å². The molecule has 1 aromatic heterocycles. The Morgan fingerprint density at radius 1 is 0.976 bits per heavy atom. The molecule has 9 nitrogen and oxygen atoms in total. The van der Waals surface area contributed by atoms with Gasteiger partial charge in [-0.3, -0.25) is 4.90 Å². The summed E-state index contributed by atoms with van der Waals surface area (Å²) in [5.41, 5.74) is 2.02. The second kappa shape index (κ2) is 12.4. The van der Waals surface area contributed by atoms with Gasteiger partial charge in [0.05, 0.1) is 30.7 Å². The molecule has 1 saturated heterocycles. The van der Waals surface area contributed by atoms with E-state index >= 15 is 0 Å². The number of aromatic nitrogens is 3. The lowest BCUT2D eigenvalue weighted by molar-refractivity contribution is -0.138. The van der Waals surface area contributed by atoms with E-state index < -0.39 is 17.8 Å². The van der Waals surface area contributed by atoms with Crippen molar-refractivity contribution < 1.29 is 27.4 Å². The molecule has 0 aliphatic carbocycles. The van der Waals surface area contributed by atoms with Gasteiger partial charge in [-0.15, -0.1) is 5.10 Å². The predicted octanol–water partition coefficient (Wildman–Crippen LogP) is 5.62. The zero-order chi connectivity index (χ0) is 28.8. The van der Waals surface area contributed by atoms with E-state index in [0.29, 0.717) is 18.0 Å². The summed E-state index contributed by atoms with van der Waals surface area (Å²) in [5.74, 6) is 0.776. The van der Waals surface area contributed by atoms with E-state index in [1.807, 2.05) is 24.3 Å². The minimum absolute atomic E-state index is 0.0428. The van der Waals surface area contributed by atoms with E-state index in [9.17, 15) is 18.0 Å². The Kier molecular flexibility index (Phi) is 8.50. The number of carbonyl (C=O) groups excluding carboxylic acids is 1. The number of nitrogens with one attached hydrogen (secondary N) is 2. The Labute approximate surface area is 234 Å². The highest BCUT2D eigenvalue weighted by Gasteiger charge is 2.32. The minimum atomic E-state index is -4.50. The highest BCUT2D eigenvalue weighted by molar-refractivity contribution is 5.99. The number of aryl methyl sites for hydroxylation is 1. The van der Waals surface area contributed by atoms with Crippen LogP contribution in [-0.2, 0) is 10.9 Å². The van der Waals surface area contributed by atoms with Crippen LogP contribution in [0.2, 0.25) is 0 Å². The van der Waals surface area contributed by atoms with Crippen molar-refractivity contribution in [3.8, 4) is 22.7 Å². The lowest BCUT2D eigenvalue weighted by Crippen LogP contribution is -2.38. The third kappa shape index (κ3) is 7.41. The third-order valence-corrected chi connectivity index (χ3v) is 6.61. The number of halogens is 3. The van der Waals surface area contributed by atoms with Crippen molar-refractivity contribution >= 4 is 17.4 Å². The molecule has 214 valence electrons. The molecule has 0 unspecified atom stereocenters. The molecule has 0 saturated carbocycles. The van der Waals surface area contributed by atoms with E-state index in [1.54, 1.807) is 35.1 Å². The smallest absolute Gasteiger partial charge is 0.416 e. The highest BCUT2D eigenvalue weighted by atomic mass is 19.4. The fourth-order valence-electron chi connectivity index (χ4n) is 4.36. The van der Waals surface area contributed by atoms with Gasteiger partial charge in [0.1, 0.15) is 18.1 Å². The van der Waals surface area contributed by atoms with Gasteiger partial charge >= 0.3 is 12.2 Å². The van der Waals surface area contributed by atoms with Crippen molar-refractivity contribution in [1.29, 1.82) is 0 Å². The van der Waals surface area contributed by atoms with Crippen LogP contribution in [0.3, 0.4) is 0 Å². The van der Waals surface area contributed by atoms with E-state index in [0.717, 1.165) is 55.9 Å². The third-order valence-electron chi connectivity index (χ3n) is 6.61. The number of benzene rings is 3. The van der Waals surface area contributed by atoms with Crippen molar-refractivity contribution in [2.75, 3.05) is 50.1 Å². The number of anilines is 2. The molecule has 0 bridgehead atoms. The van der Waals surface area contributed by atoms with Gasteiger partial charge in [-0.1, -0.05) is 23.4 Å². The van der Waals surface area contributed by atoms with Crippen molar-refractivity contribution in [3.63, 3.8) is 0 Å². The SMILES string of the molecule is Cc1ccc(NC(=O)Nc2ccc(-c3cn(-c4ccc(OCCN5CCOCC5)cc4)nn3)cc2)cc1C(F)(F)F. The topological polar surface area (TPSA) is 93.5 Å². The Balaban J connectivity index is 1.14. The first kappa shape index (κ1) is 28.1. The van der Waals surface area contributed by atoms with E-state index in [1.165, 1.54) is 19.1 Å². The van der Waals surface area contributed by atoms with Crippen LogP contribution >= 0.6 is 0 Å². The standard InChI is InChI=1S/C29H29F3N6O3/c1-20-2-5-23(18-26(20)29(30,31)32)34-28(39)33-22-6-3-21(4-7-22)27-19-38(36-35-27)24-8-10-25(11-9-24)41-17-14-37-12-15-40-16-13-37/h2-11,18-19H,12-17H2,1H3,(H2,33,34,39). The quantitative estimate of drug-likeness (QED) is 0.288. The van der Waals surface area contributed by atoms with E-state index in [2.05, 4.69) is 25.8 Å². The van der Waals surface area contributed by atoms with Gasteiger partial charge in [-0.2, -0.15) is 13.2 Å². The highest BCUT2D eigenvalue weighted by Crippen LogP contribution is 2.33. The van der Waals surface area contributed by atoms with E-state index in [4.69, 9.17) is 9.47 Å². The van der Waals surface area contributed by atoms with Crippen molar-refractivity contribution in [1.82, 2.24) is 19.9 Å². The monoisotopic (exact) mass is 566 g/mol. The maximum atomic E-state index is 13.2. The fraction of sp³-hybridized carbons (Fsp3) is 0.276. The van der Waals surface area contributed by atoms with Gasteiger partial charge in [-0.25, -0.2) is 9.48 Å². The zero-order valence-corrected chi connectivity index (χ0v) is 22.3. The molecule has 2 N–H and O–H groups in total. The van der Waals surface area contributed by atoms with Crippen molar-refractivity contribution in [2.45, 2.75) is 13.1 Å². The van der Waals surface area contributed by atoms with Gasteiger partial charge < -0.3 is 20.1 Å². The number of rotatable bonds is 8. The van der Waals surface area contributed by atoms with Crippen LogP contribution in [0.5, 0.6) is 5.75 Å². The second-order valence-corrected chi connectivity index (χ2v) is 9.53. The zero-order valence-electron chi connectivity index (χ0n) is 22.3. The maximum absolute atomic E-state index is 13.2. The Bertz CT molecular complexity index is 1470. The average molecular weight is 567 g/mol. The molecule has 0 atom stereocenters. The summed E-state index contributed by atoms with van der Waals surface area (Å²) >= 11 is 0. The molecule has 0 spiro atoms. The van der Waals surface area contributed by atoms with Gasteiger partial charge in [-0.05, 0) is 61.0 Å². The Morgan fingerprint density at radius 2 is 1.66 bits per heavy atom. The molecule has 3 aromatic carbocycles. The van der Waals surface area contributed by atoms with Crippen LogP contribution in [0, 0.1) is 6.92 Å². The summed E-state index contributed by atoms with van der Waals surface area (Å²) in [6, 6.07) is 17.5. The number of hydrogen-bond acceptors (Lipinski definition) is 6. The molecule has 1 aliphatic heterocycles. The molecule has 12 heteroatoms. The predicted molar refractivity (Wildman–Crippen MR) is 148 cm³/mol. The summed E-state index contributed by atoms with van der Waals surface area (Å²) in [7, 11) is 0. The van der Waals surface area contributed by atoms with Crippen LogP contribution in [0.4, 0.5) is 29.3 Å². The number of nitrogens with zero attached hydrogens (tertiary/aromatic N) is 4. The van der Waals surface area contributed by atoms with Crippen LogP contribution in [-0.4, -0.2) is 65.4 Å². The van der Waals surface area contributed by atoms with Gasteiger partial charge in [0.25, 0.3) is 0 Å². The molecular formula is C29H29F3N6O3. The molecule has 1 fully saturated rings. The van der Waals surface area contributed by atoms with Crippen LogP contribution in [0.25, 0.3) is 16.9 Å². The molecule has 2 amide bonds. The molecule has 2 heterocycles. The molecule has 4 aromatic rings. The largest absolute Gasteiger partial charge is 0.492 e. The second-order valence-electron chi connectivity index (χ2n) is 9.53. The van der Waals surface area contributed by atoms with E-state index in [-0.39, 0.29) is 11.3 Å². The first-order chi connectivity index (χ1) is 19.7. The molecule has 0 radical (unpaired) electrons. The lowest BCUT2D eigenvalue weighted by atomic mass is 10.1. The average Bonchev–Trinajstić information content (AvgIpc) is 3.45. The summed E-state index contributed by atoms with van der Waals surface area (Å²) in [6.45, 7) is 6.20. The Morgan fingerprint density at radius 3 is 2.37 bits per heavy atom. The van der Waals surface area contributed by atoms with Crippen LogP contribution in [0.15, 0.2) is 72.9 Å². The minimum Gasteiger partial charge on any atom is -0.492 e. The number of amides is 2. The number of hydrogen-bond donors (Lipinski definition) is 2. The van der Waals surface area contributed by atoms with Crippen LogP contribution in [0.1, 0.15) is 11.1 Å². The summed E-state index contributed by atoms with van der Waals surface area (Å²) < 4.78 is 52.3. The summed E-state index contributed by atoms with van der Waals surface area (Å²) in [5, 5.41) is 13.5. The van der Waals surface area contributed by atoms with Gasteiger partial charge in [0, 0.05) is 36.6 Å². The molecule has 5 rings (SSSR count). The van der Waals surface area contributed by atoms with Crippen molar-refractivity contribution in [3.05, 3.63) is 84.1 Å². The number of ether oxygens (including phenoxy) is 2. The normalized spacial score (nSPS) is 14.0. The number of morpholine rings is 1. The number of urea groups is 1. The fourth-order valence-corrected chi connectivity index (χ4v) is 4.36. The lowest BCUT2D eigenvalue weighted by Gasteiger charge is -2.26. The number of alkyl halides is 3. The Hall–Kier alpha value is -4.42. The molecule has 1 aliphatic rings. The first-order valence-corrected chi connectivity index (χ1v) is 13.1. The maximum Gasteiger partial charge on any atom is 0.416 e. The summed E-state index contributed by atoms with van der Waals surface area (Å²) in [4.78, 5) is 14.7. The summed E-state index contributed by atoms with van der Waals surface area (Å²) in [6.07, 6.45) is -2.71. The first-order valence-electron chi connectivity index (χ1n) is 13.1. The molecule has 41 heavy (non-hydrogen) atoms.